The highest BCUT2D eigenvalue weighted by molar-refractivity contribution is 5.82. The van der Waals surface area contributed by atoms with Crippen LogP contribution in [0.25, 0.3) is 27.8 Å². The normalized spacial score (nSPS) is 19.8. The molecule has 8 nitrogen and oxygen atoms in total. The Morgan fingerprint density at radius 1 is 1.11 bits per heavy atom. The van der Waals surface area contributed by atoms with E-state index in [9.17, 15) is 0 Å². The van der Waals surface area contributed by atoms with E-state index in [1.165, 1.54) is 0 Å². The van der Waals surface area contributed by atoms with Crippen LogP contribution in [0.5, 0.6) is 0 Å². The minimum atomic E-state index is 0.258. The lowest BCUT2D eigenvalue weighted by Crippen LogP contribution is -2.21. The summed E-state index contributed by atoms with van der Waals surface area (Å²) in [5.41, 5.74) is 10.2. The first-order valence-corrected chi connectivity index (χ1v) is 9.14. The molecule has 0 amide bonds. The molecule has 1 aliphatic carbocycles. The van der Waals surface area contributed by atoms with Gasteiger partial charge in [0.25, 0.3) is 0 Å². The second-order valence-corrected chi connectivity index (χ2v) is 7.15. The highest BCUT2D eigenvalue weighted by Gasteiger charge is 2.22. The summed E-state index contributed by atoms with van der Waals surface area (Å²) in [7, 11) is 0. The van der Waals surface area contributed by atoms with Crippen LogP contribution in [0.3, 0.4) is 0 Å². The molecule has 0 spiro atoms. The largest absolute Gasteiger partial charge is 0.351 e. The van der Waals surface area contributed by atoms with Gasteiger partial charge < -0.3 is 11.1 Å². The smallest absolute Gasteiger partial charge is 0.225 e. The number of nitrogens with one attached hydrogen (secondary N) is 1. The van der Waals surface area contributed by atoms with Crippen LogP contribution in [-0.2, 0) is 0 Å². The van der Waals surface area contributed by atoms with E-state index < -0.39 is 0 Å². The number of pyridine rings is 1. The lowest BCUT2D eigenvalue weighted by atomic mass is 10.2. The summed E-state index contributed by atoms with van der Waals surface area (Å²) >= 11 is 0. The van der Waals surface area contributed by atoms with Gasteiger partial charge in [-0.25, -0.2) is 4.98 Å². The number of aryl methyl sites for hydroxylation is 1. The molecule has 3 N–H and O–H groups in total. The SMILES string of the molecule is Cc1ccc2cc(-n3nnc4cnc(N[C@@H]5CC[C@@H](N)C5)nc43)ccc2n1. The van der Waals surface area contributed by atoms with Gasteiger partial charge in [0.2, 0.25) is 5.95 Å². The summed E-state index contributed by atoms with van der Waals surface area (Å²) in [6, 6.07) is 10.7. The molecule has 0 aliphatic heterocycles. The van der Waals surface area contributed by atoms with Crippen molar-refractivity contribution in [1.82, 2.24) is 29.9 Å². The van der Waals surface area contributed by atoms with Crippen LogP contribution in [0.4, 0.5) is 5.95 Å². The average Bonchev–Trinajstić information content (AvgIpc) is 3.27. The fourth-order valence-electron chi connectivity index (χ4n) is 3.65. The van der Waals surface area contributed by atoms with Crippen LogP contribution in [0, 0.1) is 6.92 Å². The third-order valence-corrected chi connectivity index (χ3v) is 5.06. The van der Waals surface area contributed by atoms with Crippen molar-refractivity contribution < 1.29 is 0 Å². The summed E-state index contributed by atoms with van der Waals surface area (Å²) < 4.78 is 1.74. The first-order chi connectivity index (χ1) is 13.2. The van der Waals surface area contributed by atoms with Crippen LogP contribution >= 0.6 is 0 Å². The Kier molecular flexibility index (Phi) is 3.71. The predicted molar refractivity (Wildman–Crippen MR) is 104 cm³/mol. The summed E-state index contributed by atoms with van der Waals surface area (Å²) in [4.78, 5) is 13.6. The van der Waals surface area contributed by atoms with Gasteiger partial charge >= 0.3 is 0 Å². The highest BCUT2D eigenvalue weighted by Crippen LogP contribution is 2.23. The molecular weight excluding hydrogens is 340 g/mol. The summed E-state index contributed by atoms with van der Waals surface area (Å²) in [5, 5.41) is 12.9. The van der Waals surface area contributed by atoms with E-state index in [0.29, 0.717) is 23.2 Å². The number of aromatic nitrogens is 6. The first-order valence-electron chi connectivity index (χ1n) is 9.14. The van der Waals surface area contributed by atoms with Crippen LogP contribution in [0.2, 0.25) is 0 Å². The van der Waals surface area contributed by atoms with Gasteiger partial charge in [-0.15, -0.1) is 5.10 Å². The van der Waals surface area contributed by atoms with E-state index in [-0.39, 0.29) is 6.04 Å². The zero-order chi connectivity index (χ0) is 18.4. The maximum Gasteiger partial charge on any atom is 0.225 e. The quantitative estimate of drug-likeness (QED) is 0.577. The number of benzene rings is 1. The van der Waals surface area contributed by atoms with Gasteiger partial charge in [-0.1, -0.05) is 11.3 Å². The summed E-state index contributed by atoms with van der Waals surface area (Å²) in [6.45, 7) is 1.99. The lowest BCUT2D eigenvalue weighted by molar-refractivity contribution is 0.685. The number of rotatable bonds is 3. The number of hydrogen-bond acceptors (Lipinski definition) is 7. The molecule has 3 aromatic heterocycles. The van der Waals surface area contributed by atoms with E-state index >= 15 is 0 Å². The fourth-order valence-corrected chi connectivity index (χ4v) is 3.65. The minimum absolute atomic E-state index is 0.258. The molecule has 1 aliphatic rings. The van der Waals surface area contributed by atoms with Crippen molar-refractivity contribution in [1.29, 1.82) is 0 Å². The van der Waals surface area contributed by atoms with Gasteiger partial charge in [0.1, 0.15) is 0 Å². The summed E-state index contributed by atoms with van der Waals surface area (Å²) in [5.74, 6) is 0.586. The van der Waals surface area contributed by atoms with E-state index in [1.54, 1.807) is 10.9 Å². The molecule has 1 fully saturated rings. The second kappa shape index (κ2) is 6.24. The van der Waals surface area contributed by atoms with Crippen molar-refractivity contribution in [3.63, 3.8) is 0 Å². The Morgan fingerprint density at radius 2 is 2.04 bits per heavy atom. The van der Waals surface area contributed by atoms with Crippen LogP contribution in [-0.4, -0.2) is 42.0 Å². The average molecular weight is 360 g/mol. The molecule has 0 bridgehead atoms. The van der Waals surface area contributed by atoms with Crippen LogP contribution in [0.1, 0.15) is 25.0 Å². The van der Waals surface area contributed by atoms with Crippen LogP contribution in [0.15, 0.2) is 36.5 Å². The Morgan fingerprint density at radius 3 is 2.89 bits per heavy atom. The molecule has 8 heteroatoms. The van der Waals surface area contributed by atoms with Gasteiger partial charge in [-0.05, 0) is 50.5 Å². The summed E-state index contributed by atoms with van der Waals surface area (Å²) in [6.07, 6.45) is 4.71. The zero-order valence-electron chi connectivity index (χ0n) is 15.0. The van der Waals surface area contributed by atoms with E-state index in [1.807, 2.05) is 31.2 Å². The second-order valence-electron chi connectivity index (χ2n) is 7.15. The topological polar surface area (TPSA) is 107 Å². The molecule has 136 valence electrons. The van der Waals surface area contributed by atoms with E-state index in [4.69, 9.17) is 5.73 Å². The number of nitrogens with two attached hydrogens (primary N) is 1. The standard InChI is InChI=1S/C19H20N8/c1-11-2-3-12-8-15(6-7-16(12)22-11)27-18-17(25-26-27)10-21-19(24-18)23-14-5-4-13(20)9-14/h2-3,6-8,10,13-14H,4-5,9,20H2,1H3,(H,21,23,24)/t13-,14-/m1/s1. The predicted octanol–water partition coefficient (Wildman–Crippen LogP) is 2.36. The Bertz CT molecular complexity index is 1140. The van der Waals surface area contributed by atoms with E-state index in [2.05, 4.69) is 36.6 Å². The maximum atomic E-state index is 6.00. The van der Waals surface area contributed by atoms with Crippen molar-refractivity contribution in [2.45, 2.75) is 38.3 Å². The molecule has 2 atom stereocenters. The minimum Gasteiger partial charge on any atom is -0.351 e. The highest BCUT2D eigenvalue weighted by atomic mass is 15.4. The Labute approximate surface area is 155 Å². The van der Waals surface area contributed by atoms with Crippen molar-refractivity contribution in [3.8, 4) is 5.69 Å². The van der Waals surface area contributed by atoms with E-state index in [0.717, 1.165) is 41.5 Å². The Hall–Kier alpha value is -3.13. The van der Waals surface area contributed by atoms with Gasteiger partial charge in [-0.3, -0.25) is 4.98 Å². The molecule has 5 rings (SSSR count). The van der Waals surface area contributed by atoms with Crippen molar-refractivity contribution >= 4 is 28.0 Å². The molecule has 1 saturated carbocycles. The van der Waals surface area contributed by atoms with Crippen molar-refractivity contribution in [2.24, 2.45) is 5.73 Å². The van der Waals surface area contributed by atoms with Gasteiger partial charge in [0.15, 0.2) is 11.2 Å². The zero-order valence-corrected chi connectivity index (χ0v) is 15.0. The monoisotopic (exact) mass is 360 g/mol. The third-order valence-electron chi connectivity index (χ3n) is 5.06. The molecule has 27 heavy (non-hydrogen) atoms. The van der Waals surface area contributed by atoms with Crippen molar-refractivity contribution in [2.75, 3.05) is 5.32 Å². The molecule has 0 saturated heterocycles. The number of anilines is 1. The Balaban J connectivity index is 1.53. The maximum absolute atomic E-state index is 6.00. The van der Waals surface area contributed by atoms with Gasteiger partial charge in [0, 0.05) is 23.2 Å². The number of nitrogens with zero attached hydrogens (tertiary/aromatic N) is 6. The first kappa shape index (κ1) is 16.1. The molecule has 1 aromatic carbocycles. The van der Waals surface area contributed by atoms with Gasteiger partial charge in [0.05, 0.1) is 17.4 Å². The molecule has 0 radical (unpaired) electrons. The number of hydrogen-bond donors (Lipinski definition) is 2. The molecular formula is C19H20N8. The third kappa shape index (κ3) is 2.97. The van der Waals surface area contributed by atoms with Crippen molar-refractivity contribution in [3.05, 3.63) is 42.2 Å². The molecule has 3 heterocycles. The fraction of sp³-hybridized carbons (Fsp3) is 0.316. The lowest BCUT2D eigenvalue weighted by Gasteiger charge is -2.12. The molecule has 0 unspecified atom stereocenters. The number of fused-ring (bicyclic) bond motifs is 2. The molecule has 4 aromatic rings. The van der Waals surface area contributed by atoms with Crippen LogP contribution < -0.4 is 11.1 Å². The van der Waals surface area contributed by atoms with Gasteiger partial charge in [-0.2, -0.15) is 9.67 Å².